The topological polar surface area (TPSA) is 46.9 Å². The molecule has 0 aliphatic heterocycles. The van der Waals surface area contributed by atoms with Crippen LogP contribution in [0.1, 0.15) is 18.5 Å². The number of Topliss-reactive ketones (excluding diaryl/α,β-unsaturated/α-hetero) is 1. The number of hydrogen-bond acceptors (Lipinski definition) is 3. The maximum absolute atomic E-state index is 11.9. The van der Waals surface area contributed by atoms with E-state index in [1.54, 1.807) is 0 Å². The molecule has 0 fully saturated rings. The molecule has 0 bridgehead atoms. The van der Waals surface area contributed by atoms with Crippen molar-refractivity contribution in [2.45, 2.75) is 19.3 Å². The van der Waals surface area contributed by atoms with Crippen LogP contribution in [0.2, 0.25) is 0 Å². The Hall–Kier alpha value is -1.68. The van der Waals surface area contributed by atoms with E-state index < -0.39 is 0 Å². The van der Waals surface area contributed by atoms with E-state index >= 15 is 0 Å². The second-order valence-corrected chi connectivity index (χ2v) is 4.51. The predicted octanol–water partition coefficient (Wildman–Crippen LogP) is 1.68. The van der Waals surface area contributed by atoms with Gasteiger partial charge in [-0.05, 0) is 26.1 Å². The molecule has 0 saturated carbocycles. The fraction of sp³-hybridized carbons (Fsp3) is 0.429. The number of carbonyl (C=O) groups is 1. The number of ketones is 1. The third-order valence-corrected chi connectivity index (χ3v) is 3.08. The molecular weight excluding hydrogens is 226 g/mol. The molecule has 2 aromatic rings. The molecular formula is C14H19N3O. The molecule has 0 unspecified atom stereocenters. The third-order valence-electron chi connectivity index (χ3n) is 3.08. The van der Waals surface area contributed by atoms with Gasteiger partial charge in [0.15, 0.2) is 0 Å². The number of para-hydroxylation sites is 1. The Kier molecular flexibility index (Phi) is 4.10. The van der Waals surface area contributed by atoms with Crippen molar-refractivity contribution in [2.24, 2.45) is 7.05 Å². The molecule has 1 heterocycles. The number of hydrogen-bond donors (Lipinski definition) is 1. The molecule has 0 spiro atoms. The van der Waals surface area contributed by atoms with Gasteiger partial charge in [-0.2, -0.15) is 5.10 Å². The number of aryl methyl sites for hydroxylation is 1. The summed E-state index contributed by atoms with van der Waals surface area (Å²) < 4.78 is 1.84. The highest BCUT2D eigenvalue weighted by atomic mass is 16.1. The van der Waals surface area contributed by atoms with Crippen molar-refractivity contribution < 1.29 is 4.79 Å². The van der Waals surface area contributed by atoms with Gasteiger partial charge in [-0.25, -0.2) is 0 Å². The van der Waals surface area contributed by atoms with Crippen molar-refractivity contribution >= 4 is 16.7 Å². The summed E-state index contributed by atoms with van der Waals surface area (Å²) in [4.78, 5) is 11.9. The van der Waals surface area contributed by atoms with Gasteiger partial charge in [0.25, 0.3) is 0 Å². The van der Waals surface area contributed by atoms with Gasteiger partial charge in [0.1, 0.15) is 5.78 Å². The molecule has 0 aliphatic rings. The van der Waals surface area contributed by atoms with Crippen LogP contribution in [-0.2, 0) is 18.3 Å². The summed E-state index contributed by atoms with van der Waals surface area (Å²) in [5, 5.41) is 8.57. The summed E-state index contributed by atoms with van der Waals surface area (Å²) >= 11 is 0. The molecule has 0 saturated heterocycles. The summed E-state index contributed by atoms with van der Waals surface area (Å²) in [7, 11) is 3.81. The number of fused-ring (bicyclic) bond motifs is 1. The van der Waals surface area contributed by atoms with Crippen molar-refractivity contribution in [1.82, 2.24) is 15.1 Å². The minimum absolute atomic E-state index is 0.258. The second-order valence-electron chi connectivity index (χ2n) is 4.51. The number of benzene rings is 1. The maximum Gasteiger partial charge on any atom is 0.138 e. The second kappa shape index (κ2) is 5.78. The number of rotatable bonds is 6. The Bertz CT molecular complexity index is 545. The van der Waals surface area contributed by atoms with E-state index in [-0.39, 0.29) is 5.78 Å². The van der Waals surface area contributed by atoms with Crippen molar-refractivity contribution in [3.63, 3.8) is 0 Å². The average Bonchev–Trinajstić information content (AvgIpc) is 2.67. The lowest BCUT2D eigenvalue weighted by Gasteiger charge is -1.99. The van der Waals surface area contributed by atoms with Crippen LogP contribution < -0.4 is 5.32 Å². The van der Waals surface area contributed by atoms with Crippen LogP contribution in [0.15, 0.2) is 24.3 Å². The van der Waals surface area contributed by atoms with Crippen LogP contribution in [-0.4, -0.2) is 29.2 Å². The fourth-order valence-corrected chi connectivity index (χ4v) is 2.16. The highest BCUT2D eigenvalue weighted by molar-refractivity contribution is 5.88. The monoisotopic (exact) mass is 245 g/mol. The van der Waals surface area contributed by atoms with Gasteiger partial charge in [-0.1, -0.05) is 18.2 Å². The highest BCUT2D eigenvalue weighted by Crippen LogP contribution is 2.18. The van der Waals surface area contributed by atoms with Gasteiger partial charge in [-0.3, -0.25) is 9.48 Å². The van der Waals surface area contributed by atoms with Crippen molar-refractivity contribution in [3.05, 3.63) is 30.0 Å². The van der Waals surface area contributed by atoms with Crippen molar-refractivity contribution in [3.8, 4) is 0 Å². The zero-order valence-corrected chi connectivity index (χ0v) is 10.9. The van der Waals surface area contributed by atoms with E-state index in [9.17, 15) is 4.79 Å². The number of aromatic nitrogens is 2. The van der Waals surface area contributed by atoms with Gasteiger partial charge >= 0.3 is 0 Å². The first-order valence-corrected chi connectivity index (χ1v) is 6.29. The molecule has 1 aromatic carbocycles. The third kappa shape index (κ3) is 2.76. The lowest BCUT2D eigenvalue weighted by atomic mass is 10.1. The van der Waals surface area contributed by atoms with E-state index in [1.807, 2.05) is 43.0 Å². The molecule has 0 amide bonds. The Morgan fingerprint density at radius 1 is 1.39 bits per heavy atom. The maximum atomic E-state index is 11.9. The molecule has 0 atom stereocenters. The van der Waals surface area contributed by atoms with Crippen molar-refractivity contribution in [1.29, 1.82) is 0 Å². The first-order chi connectivity index (χ1) is 8.72. The molecule has 4 heteroatoms. The fourth-order valence-electron chi connectivity index (χ4n) is 2.16. The molecule has 1 N–H and O–H groups in total. The lowest BCUT2D eigenvalue weighted by Crippen LogP contribution is -2.11. The Morgan fingerprint density at radius 3 is 2.94 bits per heavy atom. The highest BCUT2D eigenvalue weighted by Gasteiger charge is 2.11. The minimum atomic E-state index is 0.258. The summed E-state index contributed by atoms with van der Waals surface area (Å²) in [5.74, 6) is 0.258. The number of nitrogens with one attached hydrogen (secondary N) is 1. The van der Waals surface area contributed by atoms with Gasteiger partial charge in [0.2, 0.25) is 0 Å². The summed E-state index contributed by atoms with van der Waals surface area (Å²) in [5.41, 5.74) is 1.97. The van der Waals surface area contributed by atoms with Crippen LogP contribution in [0.25, 0.3) is 10.9 Å². The van der Waals surface area contributed by atoms with E-state index in [0.29, 0.717) is 12.8 Å². The van der Waals surface area contributed by atoms with Crippen LogP contribution in [0, 0.1) is 0 Å². The summed E-state index contributed by atoms with van der Waals surface area (Å²) in [6.45, 7) is 0.884. The van der Waals surface area contributed by atoms with Crippen LogP contribution >= 0.6 is 0 Å². The predicted molar refractivity (Wildman–Crippen MR) is 72.6 cm³/mol. The first kappa shape index (κ1) is 12.8. The Morgan fingerprint density at radius 2 is 2.17 bits per heavy atom. The van der Waals surface area contributed by atoms with Crippen LogP contribution in [0.4, 0.5) is 0 Å². The molecule has 2 rings (SSSR count). The molecule has 0 aliphatic carbocycles. The minimum Gasteiger partial charge on any atom is -0.320 e. The standard InChI is InChI=1S/C14H19N3O/c1-15-9-5-6-11(18)10-13-12-7-3-4-8-14(12)17(2)16-13/h3-4,7-8,15H,5-6,9-10H2,1-2H3. The molecule has 0 radical (unpaired) electrons. The Balaban J connectivity index is 2.10. The normalized spacial score (nSPS) is 11.0. The molecule has 4 nitrogen and oxygen atoms in total. The van der Waals surface area contributed by atoms with Gasteiger partial charge in [0.05, 0.1) is 17.6 Å². The smallest absolute Gasteiger partial charge is 0.138 e. The van der Waals surface area contributed by atoms with E-state index in [1.165, 1.54) is 0 Å². The first-order valence-electron chi connectivity index (χ1n) is 6.29. The SMILES string of the molecule is CNCCCC(=O)Cc1nn(C)c2ccccc12. The molecule has 96 valence electrons. The van der Waals surface area contributed by atoms with E-state index in [2.05, 4.69) is 10.4 Å². The van der Waals surface area contributed by atoms with Crippen LogP contribution in [0.3, 0.4) is 0 Å². The molecule has 18 heavy (non-hydrogen) atoms. The summed E-state index contributed by atoms with van der Waals surface area (Å²) in [6.07, 6.45) is 1.94. The molecule has 1 aromatic heterocycles. The Labute approximate surface area is 107 Å². The van der Waals surface area contributed by atoms with Gasteiger partial charge < -0.3 is 5.32 Å². The van der Waals surface area contributed by atoms with Gasteiger partial charge in [-0.15, -0.1) is 0 Å². The largest absolute Gasteiger partial charge is 0.320 e. The van der Waals surface area contributed by atoms with Gasteiger partial charge in [0, 0.05) is 18.9 Å². The average molecular weight is 245 g/mol. The van der Waals surface area contributed by atoms with Crippen LogP contribution in [0.5, 0.6) is 0 Å². The lowest BCUT2D eigenvalue weighted by molar-refractivity contribution is -0.118. The quantitative estimate of drug-likeness (QED) is 0.788. The zero-order valence-electron chi connectivity index (χ0n) is 10.9. The summed E-state index contributed by atoms with van der Waals surface area (Å²) in [6, 6.07) is 8.03. The number of nitrogens with zero attached hydrogens (tertiary/aromatic N) is 2. The van der Waals surface area contributed by atoms with E-state index in [4.69, 9.17) is 0 Å². The van der Waals surface area contributed by atoms with E-state index in [0.717, 1.165) is 29.6 Å². The van der Waals surface area contributed by atoms with Crippen molar-refractivity contribution in [2.75, 3.05) is 13.6 Å². The zero-order chi connectivity index (χ0) is 13.0. The number of carbonyl (C=O) groups excluding carboxylic acids is 1.